The van der Waals surface area contributed by atoms with Crippen LogP contribution in [0.2, 0.25) is 0 Å². The average molecular weight is 393 g/mol. The maximum atomic E-state index is 11.1. The Morgan fingerprint density at radius 1 is 1.14 bits per heavy atom. The molecule has 0 aromatic heterocycles. The van der Waals surface area contributed by atoms with Crippen molar-refractivity contribution in [3.63, 3.8) is 0 Å². The molecular weight excluding hydrogens is 348 g/mol. The minimum atomic E-state index is -0.744. The second-order valence-corrected chi connectivity index (χ2v) is 12.4. The van der Waals surface area contributed by atoms with E-state index in [9.17, 15) is 10.2 Å². The third-order valence-corrected chi connectivity index (χ3v) is 7.76. The Morgan fingerprint density at radius 2 is 1.79 bits per heavy atom. The summed E-state index contributed by atoms with van der Waals surface area (Å²) >= 11 is 0. The molecule has 3 aliphatic carbocycles. The lowest BCUT2D eigenvalue weighted by Crippen LogP contribution is -2.53. The molecule has 162 valence electrons. The molecule has 3 rings (SSSR count). The van der Waals surface area contributed by atoms with Crippen LogP contribution in [-0.4, -0.2) is 27.7 Å². The van der Waals surface area contributed by atoms with Gasteiger partial charge in [-0.1, -0.05) is 53.2 Å². The van der Waals surface area contributed by atoms with E-state index in [0.717, 1.165) is 38.0 Å². The van der Waals surface area contributed by atoms with Crippen LogP contribution in [-0.2, 0) is 4.74 Å². The zero-order valence-corrected chi connectivity index (χ0v) is 19.5. The Morgan fingerprint density at radius 3 is 2.36 bits per heavy atom. The summed E-state index contributed by atoms with van der Waals surface area (Å²) in [5.74, 6) is 2.79. The maximum Gasteiger partial charge on any atom is 0.158 e. The van der Waals surface area contributed by atoms with Crippen molar-refractivity contribution >= 4 is 0 Å². The van der Waals surface area contributed by atoms with Crippen LogP contribution >= 0.6 is 0 Å². The van der Waals surface area contributed by atoms with Crippen LogP contribution in [0.15, 0.2) is 11.6 Å². The van der Waals surface area contributed by atoms with Crippen LogP contribution in [0, 0.1) is 40.9 Å². The molecule has 0 aliphatic heterocycles. The Balaban J connectivity index is 1.81. The van der Waals surface area contributed by atoms with Gasteiger partial charge < -0.3 is 14.9 Å². The van der Waals surface area contributed by atoms with Gasteiger partial charge in [0.1, 0.15) is 0 Å². The molecule has 3 aliphatic rings. The molecule has 2 saturated carbocycles. The lowest BCUT2D eigenvalue weighted by molar-refractivity contribution is -0.209. The molecule has 0 aromatic rings. The van der Waals surface area contributed by atoms with Gasteiger partial charge in [0.05, 0.1) is 11.2 Å². The van der Waals surface area contributed by atoms with Gasteiger partial charge >= 0.3 is 0 Å². The molecule has 0 saturated heterocycles. The van der Waals surface area contributed by atoms with E-state index in [-0.39, 0.29) is 11.3 Å². The maximum absolute atomic E-state index is 11.1. The first-order chi connectivity index (χ1) is 12.7. The zero-order valence-electron chi connectivity index (χ0n) is 19.5. The minimum Gasteiger partial charge on any atom is -0.390 e. The van der Waals surface area contributed by atoms with Gasteiger partial charge in [-0.25, -0.2) is 0 Å². The Kier molecular flexibility index (Phi) is 5.89. The van der Waals surface area contributed by atoms with Crippen molar-refractivity contribution in [3.8, 4) is 0 Å². The highest BCUT2D eigenvalue weighted by Crippen LogP contribution is 2.59. The monoisotopic (exact) mass is 392 g/mol. The predicted molar refractivity (Wildman–Crippen MR) is 115 cm³/mol. The fraction of sp³-hybridized carbons (Fsp3) is 0.920. The van der Waals surface area contributed by atoms with E-state index in [1.54, 1.807) is 0 Å². The van der Waals surface area contributed by atoms with Crippen molar-refractivity contribution < 1.29 is 14.9 Å². The predicted octanol–water partition coefficient (Wildman–Crippen LogP) is 5.55. The van der Waals surface area contributed by atoms with Gasteiger partial charge in [-0.05, 0) is 81.0 Å². The first-order valence-corrected chi connectivity index (χ1v) is 11.5. The van der Waals surface area contributed by atoms with E-state index in [2.05, 4.69) is 54.5 Å². The van der Waals surface area contributed by atoms with E-state index in [4.69, 9.17) is 4.74 Å². The summed E-state index contributed by atoms with van der Waals surface area (Å²) < 4.78 is 6.48. The van der Waals surface area contributed by atoms with Gasteiger partial charge in [0.2, 0.25) is 0 Å². The van der Waals surface area contributed by atoms with Gasteiger partial charge in [-0.15, -0.1) is 0 Å². The lowest BCUT2D eigenvalue weighted by atomic mass is 9.50. The largest absolute Gasteiger partial charge is 0.390 e. The van der Waals surface area contributed by atoms with Crippen LogP contribution in [0.4, 0.5) is 0 Å². The normalized spacial score (nSPS) is 42.9. The summed E-state index contributed by atoms with van der Waals surface area (Å²) in [4.78, 5) is 0. The third kappa shape index (κ3) is 4.68. The zero-order chi connectivity index (χ0) is 21.1. The highest BCUT2D eigenvalue weighted by molar-refractivity contribution is 5.28. The molecule has 8 atom stereocenters. The molecule has 0 amide bonds. The number of rotatable bonds is 5. The summed E-state index contributed by atoms with van der Waals surface area (Å²) in [5, 5.41) is 21.9. The molecule has 2 fully saturated rings. The van der Waals surface area contributed by atoms with Crippen molar-refractivity contribution in [2.45, 2.75) is 105 Å². The summed E-state index contributed by atoms with van der Waals surface area (Å²) in [5.41, 5.74) is 0.651. The summed E-state index contributed by atoms with van der Waals surface area (Å²) in [6.07, 6.45) is 6.37. The number of aliphatic hydroxyl groups excluding tert-OH is 1. The van der Waals surface area contributed by atoms with Crippen LogP contribution < -0.4 is 0 Å². The number of hydrogen-bond acceptors (Lipinski definition) is 3. The van der Waals surface area contributed by atoms with Crippen molar-refractivity contribution in [2.75, 3.05) is 0 Å². The first kappa shape index (κ1) is 22.3. The van der Waals surface area contributed by atoms with E-state index in [1.807, 2.05) is 6.92 Å². The molecule has 0 spiro atoms. The Bertz CT molecular complexity index is 599. The highest BCUT2D eigenvalue weighted by Gasteiger charge is 2.54. The van der Waals surface area contributed by atoms with Gasteiger partial charge in [-0.3, -0.25) is 0 Å². The van der Waals surface area contributed by atoms with E-state index >= 15 is 0 Å². The minimum absolute atomic E-state index is 0.130. The third-order valence-electron chi connectivity index (χ3n) is 7.76. The van der Waals surface area contributed by atoms with Crippen molar-refractivity contribution in [3.05, 3.63) is 11.6 Å². The van der Waals surface area contributed by atoms with Crippen molar-refractivity contribution in [2.24, 2.45) is 40.9 Å². The summed E-state index contributed by atoms with van der Waals surface area (Å²) in [7, 11) is 0. The van der Waals surface area contributed by atoms with Crippen LogP contribution in [0.5, 0.6) is 0 Å². The SMILES string of the molecule is CC(C)C(CC(C)(C)C)C(O)OC1(C)C=C2CC3C2CC(C)(O)CC3C(C)C1. The number of hydrogen-bond donors (Lipinski definition) is 2. The van der Waals surface area contributed by atoms with Crippen LogP contribution in [0.25, 0.3) is 0 Å². The molecule has 0 aromatic carbocycles. The van der Waals surface area contributed by atoms with Crippen molar-refractivity contribution in [1.82, 2.24) is 0 Å². The molecule has 3 nitrogen and oxygen atoms in total. The quantitative estimate of drug-likeness (QED) is 0.476. The Hall–Kier alpha value is -0.380. The first-order valence-electron chi connectivity index (χ1n) is 11.5. The van der Waals surface area contributed by atoms with E-state index < -0.39 is 17.5 Å². The van der Waals surface area contributed by atoms with Crippen LogP contribution in [0.3, 0.4) is 0 Å². The average Bonchev–Trinajstić information content (AvgIpc) is 2.49. The summed E-state index contributed by atoms with van der Waals surface area (Å²) in [6, 6.07) is 0. The Labute approximate surface area is 172 Å². The molecule has 8 unspecified atom stereocenters. The molecule has 2 bridgehead atoms. The molecule has 0 heterocycles. The second kappa shape index (κ2) is 7.39. The molecular formula is C25H44O3. The number of fused-ring (bicyclic) bond motifs is 2. The number of allylic oxidation sites excluding steroid dienone is 1. The van der Waals surface area contributed by atoms with Crippen molar-refractivity contribution in [1.29, 1.82) is 0 Å². The van der Waals surface area contributed by atoms with Gasteiger partial charge in [0.15, 0.2) is 6.29 Å². The number of ether oxygens (including phenoxy) is 1. The van der Waals surface area contributed by atoms with Crippen LogP contribution in [0.1, 0.15) is 87.5 Å². The molecule has 0 radical (unpaired) electrons. The standard InChI is InChI=1S/C25H44O3/c1-15(2)19(12-23(4,5)6)22(26)28-25(8)10-16(3)20-13-24(7,27)14-21-17(11-25)9-18(20)21/h11,15-16,18-22,26-27H,9-10,12-14H2,1-8H3. The van der Waals surface area contributed by atoms with Gasteiger partial charge in [0.25, 0.3) is 0 Å². The highest BCUT2D eigenvalue weighted by atomic mass is 16.6. The fourth-order valence-electron chi connectivity index (χ4n) is 6.48. The molecule has 28 heavy (non-hydrogen) atoms. The second-order valence-electron chi connectivity index (χ2n) is 12.4. The fourth-order valence-corrected chi connectivity index (χ4v) is 6.48. The van der Waals surface area contributed by atoms with Gasteiger partial charge in [0, 0.05) is 5.92 Å². The molecule has 2 N–H and O–H groups in total. The smallest absolute Gasteiger partial charge is 0.158 e. The topological polar surface area (TPSA) is 49.7 Å². The lowest BCUT2D eigenvalue weighted by Gasteiger charge is -2.57. The molecule has 3 heteroatoms. The summed E-state index contributed by atoms with van der Waals surface area (Å²) in [6.45, 7) is 17.6. The van der Waals surface area contributed by atoms with Gasteiger partial charge in [-0.2, -0.15) is 0 Å². The van der Waals surface area contributed by atoms with E-state index in [1.165, 1.54) is 5.57 Å². The van der Waals surface area contributed by atoms with E-state index in [0.29, 0.717) is 23.7 Å². The number of aliphatic hydroxyl groups is 2.